The van der Waals surface area contributed by atoms with E-state index in [2.05, 4.69) is 22.1 Å². The molecule has 5 nitrogen and oxygen atoms in total. The number of benzene rings is 1. The van der Waals surface area contributed by atoms with Crippen molar-refractivity contribution in [1.29, 1.82) is 0 Å². The molecule has 2 aromatic rings. The number of hydrogen-bond acceptors (Lipinski definition) is 4. The number of hydrogen-bond donors (Lipinski definition) is 2. The molecule has 1 fully saturated rings. The summed E-state index contributed by atoms with van der Waals surface area (Å²) in [6.07, 6.45) is 1.11. The fourth-order valence-electron chi connectivity index (χ4n) is 3.16. The van der Waals surface area contributed by atoms with Crippen LogP contribution in [0.4, 0.5) is 0 Å². The number of aromatic amines is 1. The first-order chi connectivity index (χ1) is 11.2. The minimum absolute atomic E-state index is 0.00763. The van der Waals surface area contributed by atoms with Crippen molar-refractivity contribution in [2.75, 3.05) is 26.2 Å². The molecule has 0 amide bonds. The number of aromatic nitrogens is 1. The molecule has 1 aromatic heterocycles. The van der Waals surface area contributed by atoms with Crippen LogP contribution in [0.25, 0.3) is 10.9 Å². The zero-order valence-corrected chi connectivity index (χ0v) is 13.9. The monoisotopic (exact) mass is 315 g/mol. The standard InChI is InChI=1S/C18H25N3O2/c1-3-15-12-21(8-7-19-15)11-14-9-13-10-16(23-4-2)5-6-17(13)20-18(14)22/h5-6,9-10,15,19H,3-4,7-8,11-12H2,1-2H3,(H,20,22)/t15-/m1/s1. The molecule has 1 aliphatic rings. The molecule has 5 heteroatoms. The van der Waals surface area contributed by atoms with Crippen LogP contribution >= 0.6 is 0 Å². The molecule has 1 atom stereocenters. The van der Waals surface area contributed by atoms with E-state index in [1.807, 2.05) is 31.2 Å². The van der Waals surface area contributed by atoms with Crippen molar-refractivity contribution in [3.05, 3.63) is 40.2 Å². The number of rotatable bonds is 5. The van der Waals surface area contributed by atoms with Gasteiger partial charge in [0.05, 0.1) is 6.61 Å². The number of piperazine rings is 1. The van der Waals surface area contributed by atoms with Crippen LogP contribution in [0.3, 0.4) is 0 Å². The van der Waals surface area contributed by atoms with Gasteiger partial charge in [-0.2, -0.15) is 0 Å². The van der Waals surface area contributed by atoms with Crippen molar-refractivity contribution in [2.45, 2.75) is 32.9 Å². The summed E-state index contributed by atoms with van der Waals surface area (Å²) in [6, 6.07) is 8.31. The van der Waals surface area contributed by atoms with Crippen LogP contribution in [0, 0.1) is 0 Å². The molecule has 2 N–H and O–H groups in total. The summed E-state index contributed by atoms with van der Waals surface area (Å²) in [6.45, 7) is 8.46. The van der Waals surface area contributed by atoms with E-state index in [0.29, 0.717) is 19.2 Å². The summed E-state index contributed by atoms with van der Waals surface area (Å²) < 4.78 is 5.55. The molecule has 23 heavy (non-hydrogen) atoms. The number of ether oxygens (including phenoxy) is 1. The summed E-state index contributed by atoms with van der Waals surface area (Å²) in [5, 5.41) is 4.53. The lowest BCUT2D eigenvalue weighted by Crippen LogP contribution is -2.50. The van der Waals surface area contributed by atoms with Gasteiger partial charge >= 0.3 is 0 Å². The van der Waals surface area contributed by atoms with E-state index in [1.54, 1.807) is 0 Å². The minimum atomic E-state index is 0.00763. The van der Waals surface area contributed by atoms with Gasteiger partial charge in [0.15, 0.2) is 0 Å². The van der Waals surface area contributed by atoms with Crippen molar-refractivity contribution in [1.82, 2.24) is 15.2 Å². The number of H-pyrrole nitrogens is 1. The lowest BCUT2D eigenvalue weighted by atomic mass is 10.1. The van der Waals surface area contributed by atoms with Crippen LogP contribution in [0.15, 0.2) is 29.1 Å². The average molecular weight is 315 g/mol. The number of nitrogens with one attached hydrogen (secondary N) is 2. The lowest BCUT2D eigenvalue weighted by molar-refractivity contribution is 0.189. The summed E-state index contributed by atoms with van der Waals surface area (Å²) in [4.78, 5) is 17.7. The predicted molar refractivity (Wildman–Crippen MR) is 93.1 cm³/mol. The van der Waals surface area contributed by atoms with E-state index in [-0.39, 0.29) is 5.56 Å². The van der Waals surface area contributed by atoms with Crippen molar-refractivity contribution in [3.63, 3.8) is 0 Å². The second-order valence-electron chi connectivity index (χ2n) is 6.10. The Morgan fingerprint density at radius 3 is 2.96 bits per heavy atom. The van der Waals surface area contributed by atoms with E-state index in [1.165, 1.54) is 0 Å². The Bertz CT molecular complexity index is 726. The van der Waals surface area contributed by atoms with Gasteiger partial charge in [0.1, 0.15) is 5.75 Å². The quantitative estimate of drug-likeness (QED) is 0.887. The molecule has 0 spiro atoms. The van der Waals surface area contributed by atoms with Crippen LogP contribution in [0.1, 0.15) is 25.8 Å². The van der Waals surface area contributed by atoms with Crippen molar-refractivity contribution in [2.24, 2.45) is 0 Å². The Labute approximate surface area is 136 Å². The molecule has 1 aromatic carbocycles. The molecule has 0 radical (unpaired) electrons. The normalized spacial score (nSPS) is 19.1. The molecule has 0 unspecified atom stereocenters. The van der Waals surface area contributed by atoms with Gasteiger partial charge in [-0.25, -0.2) is 0 Å². The van der Waals surface area contributed by atoms with Gasteiger partial charge in [0.25, 0.3) is 5.56 Å². The molecule has 0 bridgehead atoms. The highest BCUT2D eigenvalue weighted by Gasteiger charge is 2.18. The molecule has 1 aliphatic heterocycles. The Morgan fingerprint density at radius 2 is 2.17 bits per heavy atom. The first-order valence-electron chi connectivity index (χ1n) is 8.44. The fourth-order valence-corrected chi connectivity index (χ4v) is 3.16. The Morgan fingerprint density at radius 1 is 1.30 bits per heavy atom. The van der Waals surface area contributed by atoms with Crippen LogP contribution in [-0.2, 0) is 6.54 Å². The molecule has 2 heterocycles. The maximum Gasteiger partial charge on any atom is 0.252 e. The third kappa shape index (κ3) is 3.74. The average Bonchev–Trinajstić information content (AvgIpc) is 2.56. The van der Waals surface area contributed by atoms with Crippen LogP contribution < -0.4 is 15.6 Å². The smallest absolute Gasteiger partial charge is 0.252 e. The second kappa shape index (κ2) is 7.15. The van der Waals surface area contributed by atoms with Crippen molar-refractivity contribution in [3.8, 4) is 5.75 Å². The third-order valence-electron chi connectivity index (χ3n) is 4.43. The van der Waals surface area contributed by atoms with Crippen LogP contribution in [0.5, 0.6) is 5.75 Å². The lowest BCUT2D eigenvalue weighted by Gasteiger charge is -2.33. The summed E-state index contributed by atoms with van der Waals surface area (Å²) in [7, 11) is 0. The van der Waals surface area contributed by atoms with Gasteiger partial charge in [0, 0.05) is 48.7 Å². The van der Waals surface area contributed by atoms with Gasteiger partial charge in [-0.1, -0.05) is 6.92 Å². The number of fused-ring (bicyclic) bond motifs is 1. The van der Waals surface area contributed by atoms with Crippen molar-refractivity contribution >= 4 is 10.9 Å². The molecule has 1 saturated heterocycles. The highest BCUT2D eigenvalue weighted by atomic mass is 16.5. The van der Waals surface area contributed by atoms with Crippen LogP contribution in [-0.4, -0.2) is 42.2 Å². The van der Waals surface area contributed by atoms with E-state index in [4.69, 9.17) is 4.74 Å². The second-order valence-corrected chi connectivity index (χ2v) is 6.10. The largest absolute Gasteiger partial charge is 0.494 e. The topological polar surface area (TPSA) is 57.4 Å². The molecule has 3 rings (SSSR count). The van der Waals surface area contributed by atoms with E-state index in [0.717, 1.165) is 48.3 Å². The van der Waals surface area contributed by atoms with E-state index < -0.39 is 0 Å². The van der Waals surface area contributed by atoms with E-state index >= 15 is 0 Å². The molecular weight excluding hydrogens is 290 g/mol. The zero-order chi connectivity index (χ0) is 16.2. The van der Waals surface area contributed by atoms with E-state index in [9.17, 15) is 4.79 Å². The molecule has 124 valence electrons. The molecule has 0 saturated carbocycles. The fraction of sp³-hybridized carbons (Fsp3) is 0.500. The highest BCUT2D eigenvalue weighted by molar-refractivity contribution is 5.80. The summed E-state index contributed by atoms with van der Waals surface area (Å²) >= 11 is 0. The van der Waals surface area contributed by atoms with Gasteiger partial charge in [-0.3, -0.25) is 9.69 Å². The molecule has 0 aliphatic carbocycles. The maximum atomic E-state index is 12.3. The van der Waals surface area contributed by atoms with Crippen molar-refractivity contribution < 1.29 is 4.74 Å². The van der Waals surface area contributed by atoms with Crippen LogP contribution in [0.2, 0.25) is 0 Å². The molecular formula is C18H25N3O2. The zero-order valence-electron chi connectivity index (χ0n) is 13.9. The van der Waals surface area contributed by atoms with Gasteiger partial charge < -0.3 is 15.0 Å². The SMILES string of the molecule is CCOc1ccc2[nH]c(=O)c(CN3CCN[C@H](CC)C3)cc2c1. The first kappa shape index (κ1) is 16.0. The van der Waals surface area contributed by atoms with Gasteiger partial charge in [-0.15, -0.1) is 0 Å². The number of pyridine rings is 1. The van der Waals surface area contributed by atoms with Gasteiger partial charge in [-0.05, 0) is 37.6 Å². The Kier molecular flexibility index (Phi) is 4.98. The highest BCUT2D eigenvalue weighted by Crippen LogP contribution is 2.20. The maximum absolute atomic E-state index is 12.3. The Balaban J connectivity index is 1.84. The minimum Gasteiger partial charge on any atom is -0.494 e. The summed E-state index contributed by atoms with van der Waals surface area (Å²) in [5.41, 5.74) is 1.69. The first-order valence-corrected chi connectivity index (χ1v) is 8.44. The number of nitrogens with zero attached hydrogens (tertiary/aromatic N) is 1. The summed E-state index contributed by atoms with van der Waals surface area (Å²) in [5.74, 6) is 0.839. The van der Waals surface area contributed by atoms with Gasteiger partial charge in [0.2, 0.25) is 0 Å². The predicted octanol–water partition coefficient (Wildman–Crippen LogP) is 2.11. The Hall–Kier alpha value is -1.85. The third-order valence-corrected chi connectivity index (χ3v) is 4.43.